The third-order valence-electron chi connectivity index (χ3n) is 3.29. The van der Waals surface area contributed by atoms with Crippen LogP contribution in [0.2, 0.25) is 0 Å². The van der Waals surface area contributed by atoms with Gasteiger partial charge in [0.1, 0.15) is 18.0 Å². The first-order chi connectivity index (χ1) is 10.1. The minimum Gasteiger partial charge on any atom is -0.455 e. The van der Waals surface area contributed by atoms with Crippen LogP contribution < -0.4 is 0 Å². The molecule has 0 fully saturated rings. The van der Waals surface area contributed by atoms with E-state index in [1.807, 2.05) is 25.1 Å². The third-order valence-corrected chi connectivity index (χ3v) is 3.29. The van der Waals surface area contributed by atoms with Crippen LogP contribution in [0.25, 0.3) is 11.0 Å². The molecule has 3 nitrogen and oxygen atoms in total. The summed E-state index contributed by atoms with van der Waals surface area (Å²) in [6, 6.07) is 13.4. The van der Waals surface area contributed by atoms with Gasteiger partial charge in [-0.1, -0.05) is 30.3 Å². The summed E-state index contributed by atoms with van der Waals surface area (Å²) in [6.45, 7) is 1.82. The molecule has 0 radical (unpaired) electrons. The number of ether oxygens (including phenoxy) is 1. The summed E-state index contributed by atoms with van der Waals surface area (Å²) in [7, 11) is 0. The molecule has 0 amide bonds. The number of para-hydroxylation sites is 1. The van der Waals surface area contributed by atoms with Gasteiger partial charge in [0.15, 0.2) is 0 Å². The van der Waals surface area contributed by atoms with E-state index in [4.69, 9.17) is 9.15 Å². The van der Waals surface area contributed by atoms with Crippen LogP contribution in [-0.2, 0) is 11.3 Å². The molecule has 0 aliphatic heterocycles. The van der Waals surface area contributed by atoms with Crippen molar-refractivity contribution >= 4 is 16.9 Å². The van der Waals surface area contributed by atoms with Crippen LogP contribution in [0.1, 0.15) is 21.7 Å². The Kier molecular flexibility index (Phi) is 3.44. The third kappa shape index (κ3) is 2.65. The second-order valence-corrected chi connectivity index (χ2v) is 4.76. The smallest absolute Gasteiger partial charge is 0.374 e. The zero-order valence-electron chi connectivity index (χ0n) is 11.4. The van der Waals surface area contributed by atoms with Gasteiger partial charge in [-0.05, 0) is 30.7 Å². The SMILES string of the molecule is Cc1c(C(=O)OCc2cccc(F)c2)oc2ccccc12. The number of esters is 1. The second kappa shape index (κ2) is 5.40. The van der Waals surface area contributed by atoms with Crippen molar-refractivity contribution in [2.45, 2.75) is 13.5 Å². The molecule has 0 aliphatic carbocycles. The molecule has 3 rings (SSSR count). The standard InChI is InChI=1S/C17H13FO3/c1-11-14-7-2-3-8-15(14)21-16(11)17(19)20-10-12-5-4-6-13(18)9-12/h2-9H,10H2,1H3. The Bertz CT molecular complexity index is 805. The largest absolute Gasteiger partial charge is 0.455 e. The van der Waals surface area contributed by atoms with Crippen molar-refractivity contribution in [2.75, 3.05) is 0 Å². The van der Waals surface area contributed by atoms with Gasteiger partial charge in [0.2, 0.25) is 5.76 Å². The quantitative estimate of drug-likeness (QED) is 0.675. The minimum absolute atomic E-state index is 0.00702. The Hall–Kier alpha value is -2.62. The molecule has 0 saturated carbocycles. The molecule has 1 aromatic heterocycles. The fraction of sp³-hybridized carbons (Fsp3) is 0.118. The number of fused-ring (bicyclic) bond motifs is 1. The lowest BCUT2D eigenvalue weighted by Gasteiger charge is -2.03. The van der Waals surface area contributed by atoms with Crippen LogP contribution in [0.15, 0.2) is 52.9 Å². The zero-order valence-corrected chi connectivity index (χ0v) is 11.4. The molecular weight excluding hydrogens is 271 g/mol. The van der Waals surface area contributed by atoms with Crippen molar-refractivity contribution in [1.82, 2.24) is 0 Å². The van der Waals surface area contributed by atoms with Crippen LogP contribution in [0, 0.1) is 12.7 Å². The number of carbonyl (C=O) groups excluding carboxylic acids is 1. The van der Waals surface area contributed by atoms with Gasteiger partial charge >= 0.3 is 5.97 Å². The number of furan rings is 1. The van der Waals surface area contributed by atoms with E-state index in [2.05, 4.69) is 0 Å². The number of hydrogen-bond donors (Lipinski definition) is 0. The fourth-order valence-corrected chi connectivity index (χ4v) is 2.21. The maximum Gasteiger partial charge on any atom is 0.374 e. The van der Waals surface area contributed by atoms with Crippen LogP contribution in [-0.4, -0.2) is 5.97 Å². The Morgan fingerprint density at radius 3 is 2.76 bits per heavy atom. The number of aryl methyl sites for hydroxylation is 1. The van der Waals surface area contributed by atoms with Crippen molar-refractivity contribution < 1.29 is 18.3 Å². The van der Waals surface area contributed by atoms with Gasteiger partial charge in [-0.3, -0.25) is 0 Å². The van der Waals surface area contributed by atoms with Crippen molar-refractivity contribution in [3.05, 3.63) is 71.2 Å². The predicted molar refractivity (Wildman–Crippen MR) is 76.5 cm³/mol. The maximum absolute atomic E-state index is 13.1. The molecule has 106 valence electrons. The number of hydrogen-bond acceptors (Lipinski definition) is 3. The number of carbonyl (C=O) groups is 1. The lowest BCUT2D eigenvalue weighted by Crippen LogP contribution is -2.05. The average Bonchev–Trinajstić information content (AvgIpc) is 2.83. The lowest BCUT2D eigenvalue weighted by molar-refractivity contribution is 0.0437. The van der Waals surface area contributed by atoms with Crippen LogP contribution in [0.5, 0.6) is 0 Å². The fourth-order valence-electron chi connectivity index (χ4n) is 2.21. The molecule has 0 bridgehead atoms. The topological polar surface area (TPSA) is 39.4 Å². The summed E-state index contributed by atoms with van der Waals surface area (Å²) >= 11 is 0. The van der Waals surface area contributed by atoms with E-state index in [1.165, 1.54) is 12.1 Å². The number of benzene rings is 2. The summed E-state index contributed by atoms with van der Waals surface area (Å²) < 4.78 is 23.8. The Balaban J connectivity index is 1.79. The van der Waals surface area contributed by atoms with Crippen molar-refractivity contribution in [1.29, 1.82) is 0 Å². The van der Waals surface area contributed by atoms with Crippen molar-refractivity contribution in [3.8, 4) is 0 Å². The summed E-state index contributed by atoms with van der Waals surface area (Å²) in [5.41, 5.74) is 1.99. The zero-order chi connectivity index (χ0) is 14.8. The minimum atomic E-state index is -0.548. The summed E-state index contributed by atoms with van der Waals surface area (Å²) in [5, 5.41) is 0.884. The molecule has 0 unspecified atom stereocenters. The van der Waals surface area contributed by atoms with Crippen molar-refractivity contribution in [3.63, 3.8) is 0 Å². The molecule has 0 spiro atoms. The van der Waals surface area contributed by atoms with E-state index in [0.717, 1.165) is 10.9 Å². The molecule has 0 N–H and O–H groups in total. The highest BCUT2D eigenvalue weighted by Crippen LogP contribution is 2.25. The summed E-state index contributed by atoms with van der Waals surface area (Å²) in [6.07, 6.45) is 0. The van der Waals surface area contributed by atoms with Gasteiger partial charge in [-0.15, -0.1) is 0 Å². The molecule has 0 atom stereocenters. The van der Waals surface area contributed by atoms with Crippen LogP contribution >= 0.6 is 0 Å². The van der Waals surface area contributed by atoms with E-state index >= 15 is 0 Å². The first-order valence-corrected chi connectivity index (χ1v) is 6.55. The van der Waals surface area contributed by atoms with E-state index in [-0.39, 0.29) is 18.2 Å². The maximum atomic E-state index is 13.1. The molecule has 0 aliphatic rings. The highest BCUT2D eigenvalue weighted by Gasteiger charge is 2.18. The van der Waals surface area contributed by atoms with Gasteiger partial charge in [-0.2, -0.15) is 0 Å². The Morgan fingerprint density at radius 1 is 1.19 bits per heavy atom. The van der Waals surface area contributed by atoms with Gasteiger partial charge in [-0.25, -0.2) is 9.18 Å². The lowest BCUT2D eigenvalue weighted by atomic mass is 10.1. The van der Waals surface area contributed by atoms with Crippen LogP contribution in [0.3, 0.4) is 0 Å². The van der Waals surface area contributed by atoms with Crippen LogP contribution in [0.4, 0.5) is 4.39 Å². The molecule has 0 saturated heterocycles. The second-order valence-electron chi connectivity index (χ2n) is 4.76. The molecule has 3 aromatic rings. The highest BCUT2D eigenvalue weighted by molar-refractivity contribution is 5.95. The molecule has 21 heavy (non-hydrogen) atoms. The Morgan fingerprint density at radius 2 is 2.00 bits per heavy atom. The normalized spacial score (nSPS) is 10.8. The molecule has 4 heteroatoms. The van der Waals surface area contributed by atoms with Crippen molar-refractivity contribution in [2.24, 2.45) is 0 Å². The first kappa shape index (κ1) is 13.4. The Labute approximate surface area is 120 Å². The summed E-state index contributed by atoms with van der Waals surface area (Å²) in [4.78, 5) is 12.1. The van der Waals surface area contributed by atoms with E-state index < -0.39 is 5.97 Å². The molecular formula is C17H13FO3. The van der Waals surface area contributed by atoms with E-state index in [9.17, 15) is 9.18 Å². The van der Waals surface area contributed by atoms with Gasteiger partial charge in [0.05, 0.1) is 0 Å². The van der Waals surface area contributed by atoms with Gasteiger partial charge < -0.3 is 9.15 Å². The van der Waals surface area contributed by atoms with E-state index in [1.54, 1.807) is 18.2 Å². The summed E-state index contributed by atoms with van der Waals surface area (Å²) in [5.74, 6) is -0.718. The van der Waals surface area contributed by atoms with E-state index in [0.29, 0.717) is 11.1 Å². The average molecular weight is 284 g/mol. The first-order valence-electron chi connectivity index (χ1n) is 6.55. The molecule has 1 heterocycles. The predicted octanol–water partition coefficient (Wildman–Crippen LogP) is 4.24. The van der Waals surface area contributed by atoms with Gasteiger partial charge in [0.25, 0.3) is 0 Å². The number of halogens is 1. The highest BCUT2D eigenvalue weighted by atomic mass is 19.1. The van der Waals surface area contributed by atoms with Gasteiger partial charge in [0, 0.05) is 10.9 Å². The monoisotopic (exact) mass is 284 g/mol. The molecule has 2 aromatic carbocycles. The number of rotatable bonds is 3.